The second kappa shape index (κ2) is 11.1. The molecule has 0 radical (unpaired) electrons. The molecule has 0 heterocycles. The molecule has 3 nitrogen and oxygen atoms in total. The van der Waals surface area contributed by atoms with Gasteiger partial charge in [-0.25, -0.2) is 0 Å². The topological polar surface area (TPSA) is 41.5 Å². The van der Waals surface area contributed by atoms with Gasteiger partial charge < -0.3 is 10.2 Å². The Bertz CT molecular complexity index is 242. The molecule has 0 bridgehead atoms. The summed E-state index contributed by atoms with van der Waals surface area (Å²) >= 11 is 3.17. The Morgan fingerprint density at radius 2 is 2.25 bits per heavy atom. The van der Waals surface area contributed by atoms with Crippen LogP contribution in [-0.2, 0) is 4.79 Å². The summed E-state index contributed by atoms with van der Waals surface area (Å²) in [5.74, 6) is 0.463. The van der Waals surface area contributed by atoms with Crippen LogP contribution < -0.4 is 5.43 Å². The van der Waals surface area contributed by atoms with Crippen LogP contribution >= 0.6 is 23.5 Å². The minimum absolute atomic E-state index is 0.463. The summed E-state index contributed by atoms with van der Waals surface area (Å²) in [6, 6.07) is 0. The first-order valence-corrected chi connectivity index (χ1v) is 7.23. The van der Waals surface area contributed by atoms with Gasteiger partial charge in [-0.15, -0.1) is 0 Å². The van der Waals surface area contributed by atoms with Gasteiger partial charge in [0.25, 0.3) is 0 Å². The van der Waals surface area contributed by atoms with E-state index in [0.29, 0.717) is 11.0 Å². The molecule has 5 heteroatoms. The number of aldehydes is 1. The second-order valence-corrected chi connectivity index (χ2v) is 5.82. The number of carbonyl (C=O) groups excluding carboxylic acids is 1. The van der Waals surface area contributed by atoms with Gasteiger partial charge in [0.15, 0.2) is 4.38 Å². The maximum atomic E-state index is 10.3. The molecular weight excluding hydrogens is 240 g/mol. The fourth-order valence-corrected chi connectivity index (χ4v) is 3.00. The molecule has 0 fully saturated rings. The minimum Gasteiger partial charge on any atom is -0.312 e. The number of hydrogen-bond acceptors (Lipinski definition) is 5. The normalized spacial score (nSPS) is 14.1. The predicted molar refractivity (Wildman–Crippen MR) is 76.1 cm³/mol. The maximum absolute atomic E-state index is 10.3. The van der Waals surface area contributed by atoms with E-state index in [1.807, 2.05) is 0 Å². The van der Waals surface area contributed by atoms with Crippen molar-refractivity contribution in [2.75, 3.05) is 12.8 Å². The summed E-state index contributed by atoms with van der Waals surface area (Å²) in [7, 11) is 1.77. The third-order valence-corrected chi connectivity index (χ3v) is 3.82. The van der Waals surface area contributed by atoms with Crippen molar-refractivity contribution < 1.29 is 4.79 Å². The van der Waals surface area contributed by atoms with E-state index < -0.39 is 0 Å². The highest BCUT2D eigenvalue weighted by molar-refractivity contribution is 8.39. The van der Waals surface area contributed by atoms with Crippen LogP contribution in [0, 0.1) is 0 Å². The Labute approximate surface area is 107 Å². The van der Waals surface area contributed by atoms with Gasteiger partial charge in [0.1, 0.15) is 6.29 Å². The van der Waals surface area contributed by atoms with Crippen LogP contribution in [0.2, 0.25) is 0 Å². The van der Waals surface area contributed by atoms with E-state index in [9.17, 15) is 4.79 Å². The van der Waals surface area contributed by atoms with Crippen molar-refractivity contribution in [3.8, 4) is 0 Å². The van der Waals surface area contributed by atoms with Crippen LogP contribution in [0.4, 0.5) is 0 Å². The number of nitrogens with one attached hydrogen (secondary N) is 1. The van der Waals surface area contributed by atoms with Crippen molar-refractivity contribution in [1.29, 1.82) is 0 Å². The smallest absolute Gasteiger partial charge is 0.150 e. The zero-order valence-electron chi connectivity index (χ0n) is 10.1. The lowest BCUT2D eigenvalue weighted by atomic mass is 10.3. The van der Waals surface area contributed by atoms with Crippen molar-refractivity contribution in [1.82, 2.24) is 5.43 Å². The molecule has 0 aromatic carbocycles. The average molecular weight is 260 g/mol. The summed E-state index contributed by atoms with van der Waals surface area (Å²) in [5.41, 5.74) is 2.76. The number of thioether (sulfide) groups is 2. The zero-order chi connectivity index (χ0) is 12.2. The molecule has 1 N–H and O–H groups in total. The van der Waals surface area contributed by atoms with Crippen molar-refractivity contribution in [2.24, 2.45) is 5.10 Å². The third-order valence-electron chi connectivity index (χ3n) is 1.65. The van der Waals surface area contributed by atoms with Crippen LogP contribution in [-0.4, -0.2) is 28.7 Å². The molecule has 0 aliphatic heterocycles. The second-order valence-electron chi connectivity index (χ2n) is 3.12. The highest BCUT2D eigenvalue weighted by atomic mass is 32.2. The monoisotopic (exact) mass is 260 g/mol. The van der Waals surface area contributed by atoms with Crippen LogP contribution in [0.3, 0.4) is 0 Å². The Morgan fingerprint density at radius 3 is 2.81 bits per heavy atom. The molecule has 0 saturated carbocycles. The minimum atomic E-state index is 0.463. The highest BCUT2D eigenvalue weighted by Gasteiger charge is 2.07. The average Bonchev–Trinajstić information content (AvgIpc) is 2.26. The standard InChI is InChI=1S/C11H20N2OS2/c1-4-5-6-7-10(2)16-11(13-12-3)15-9-8-14/h5-6,8,10,12H,4,7,9H2,1-3H3/b6-5-,13-11-. The van der Waals surface area contributed by atoms with Gasteiger partial charge in [0.2, 0.25) is 0 Å². The van der Waals surface area contributed by atoms with Crippen molar-refractivity contribution in [3.63, 3.8) is 0 Å². The molecular formula is C11H20N2OS2. The van der Waals surface area contributed by atoms with E-state index in [2.05, 4.69) is 36.5 Å². The van der Waals surface area contributed by atoms with Gasteiger partial charge in [-0.3, -0.25) is 0 Å². The molecule has 92 valence electrons. The molecule has 16 heavy (non-hydrogen) atoms. The first-order valence-electron chi connectivity index (χ1n) is 5.37. The molecule has 0 saturated heterocycles. The Balaban J connectivity index is 4.02. The summed E-state index contributed by atoms with van der Waals surface area (Å²) in [5, 5.41) is 4.62. The first-order chi connectivity index (χ1) is 7.74. The number of nitrogens with zero attached hydrogens (tertiary/aromatic N) is 1. The van der Waals surface area contributed by atoms with Gasteiger partial charge in [-0.05, 0) is 12.8 Å². The highest BCUT2D eigenvalue weighted by Crippen LogP contribution is 2.23. The fraction of sp³-hybridized carbons (Fsp3) is 0.636. The lowest BCUT2D eigenvalue weighted by Gasteiger charge is -2.09. The van der Waals surface area contributed by atoms with E-state index in [-0.39, 0.29) is 0 Å². The number of hydrogen-bond donors (Lipinski definition) is 1. The van der Waals surface area contributed by atoms with Gasteiger partial charge in [0.05, 0.1) is 5.75 Å². The molecule has 0 aromatic rings. The molecule has 1 atom stereocenters. The largest absolute Gasteiger partial charge is 0.312 e. The van der Waals surface area contributed by atoms with Crippen LogP contribution in [0.1, 0.15) is 26.7 Å². The van der Waals surface area contributed by atoms with Gasteiger partial charge in [-0.1, -0.05) is 49.5 Å². The van der Waals surface area contributed by atoms with Gasteiger partial charge >= 0.3 is 0 Å². The fourth-order valence-electron chi connectivity index (χ4n) is 0.964. The van der Waals surface area contributed by atoms with E-state index in [1.165, 1.54) is 11.8 Å². The lowest BCUT2D eigenvalue weighted by Crippen LogP contribution is -2.04. The summed E-state index contributed by atoms with van der Waals surface area (Å²) in [6.07, 6.45) is 7.37. The SMILES string of the molecule is CC/C=C\CC(C)S/C(=N\NC)SCC=O. The third kappa shape index (κ3) is 8.85. The van der Waals surface area contributed by atoms with Crippen molar-refractivity contribution in [2.45, 2.75) is 31.9 Å². The number of rotatable bonds is 7. The lowest BCUT2D eigenvalue weighted by molar-refractivity contribution is -0.105. The van der Waals surface area contributed by atoms with Crippen molar-refractivity contribution in [3.05, 3.63) is 12.2 Å². The van der Waals surface area contributed by atoms with Gasteiger partial charge in [0, 0.05) is 12.3 Å². The number of hydrazone groups is 1. The Morgan fingerprint density at radius 1 is 1.50 bits per heavy atom. The molecule has 0 aliphatic rings. The Hall–Kier alpha value is -0.420. The Kier molecular flexibility index (Phi) is 10.8. The summed E-state index contributed by atoms with van der Waals surface area (Å²) < 4.78 is 0.923. The van der Waals surface area contributed by atoms with E-state index in [0.717, 1.165) is 23.5 Å². The first kappa shape index (κ1) is 15.6. The van der Waals surface area contributed by atoms with Crippen LogP contribution in [0.15, 0.2) is 17.3 Å². The molecule has 0 spiro atoms. The summed E-state index contributed by atoms with van der Waals surface area (Å²) in [6.45, 7) is 4.29. The summed E-state index contributed by atoms with van der Waals surface area (Å²) in [4.78, 5) is 10.3. The van der Waals surface area contributed by atoms with E-state index >= 15 is 0 Å². The molecule has 0 amide bonds. The number of allylic oxidation sites excluding steroid dienone is 2. The van der Waals surface area contributed by atoms with Gasteiger partial charge in [-0.2, -0.15) is 5.10 Å². The quantitative estimate of drug-likeness (QED) is 0.251. The van der Waals surface area contributed by atoms with Crippen LogP contribution in [0.25, 0.3) is 0 Å². The van der Waals surface area contributed by atoms with E-state index in [4.69, 9.17) is 0 Å². The molecule has 0 aromatic heterocycles. The maximum Gasteiger partial charge on any atom is 0.150 e. The van der Waals surface area contributed by atoms with Crippen molar-refractivity contribution >= 4 is 34.2 Å². The molecule has 0 aliphatic carbocycles. The molecule has 1 unspecified atom stereocenters. The van der Waals surface area contributed by atoms with Crippen LogP contribution in [0.5, 0.6) is 0 Å². The number of carbonyl (C=O) groups is 1. The zero-order valence-corrected chi connectivity index (χ0v) is 11.7. The van der Waals surface area contributed by atoms with E-state index in [1.54, 1.807) is 18.8 Å². The predicted octanol–water partition coefficient (Wildman–Crippen LogP) is 2.89. The molecule has 0 rings (SSSR count).